The molecule has 18 heavy (non-hydrogen) atoms. The summed E-state index contributed by atoms with van der Waals surface area (Å²) in [7, 11) is 0. The molecule has 3 N–H and O–H groups in total. The highest BCUT2D eigenvalue weighted by molar-refractivity contribution is 6.02. The number of aromatic nitrogens is 2. The van der Waals surface area contributed by atoms with Crippen molar-refractivity contribution >= 4 is 21.8 Å². The second kappa shape index (κ2) is 3.46. The van der Waals surface area contributed by atoms with Gasteiger partial charge in [-0.2, -0.15) is 0 Å². The molecule has 0 aliphatic rings. The van der Waals surface area contributed by atoms with E-state index in [-0.39, 0.29) is 16.9 Å². The molecule has 5 nitrogen and oxygen atoms in total. The maximum absolute atomic E-state index is 11.4. The molecule has 3 rings (SSSR count). The number of aryl methyl sites for hydroxylation is 1. The lowest BCUT2D eigenvalue weighted by Crippen LogP contribution is -2.07. The van der Waals surface area contributed by atoms with Crippen molar-refractivity contribution in [2.45, 2.75) is 6.92 Å². The minimum atomic E-state index is -0.299. The highest BCUT2D eigenvalue weighted by atomic mass is 16.3. The molecule has 2 aromatic heterocycles. The number of hydrogen-bond acceptors (Lipinski definition) is 3. The molecule has 0 bridgehead atoms. The van der Waals surface area contributed by atoms with Crippen LogP contribution < -0.4 is 11.1 Å². The Kier molecular flexibility index (Phi) is 2.04. The minimum absolute atomic E-state index is 0.110. The van der Waals surface area contributed by atoms with E-state index < -0.39 is 0 Å². The van der Waals surface area contributed by atoms with Crippen LogP contribution in [-0.2, 0) is 0 Å². The fourth-order valence-corrected chi connectivity index (χ4v) is 2.15. The predicted molar refractivity (Wildman–Crippen MR) is 69.1 cm³/mol. The Bertz CT molecular complexity index is 890. The average Bonchev–Trinajstić information content (AvgIpc) is 2.32. The lowest BCUT2D eigenvalue weighted by Gasteiger charge is -2.07. The monoisotopic (exact) mass is 242 g/mol. The summed E-state index contributed by atoms with van der Waals surface area (Å²) in [6.07, 6.45) is 0. The van der Waals surface area contributed by atoms with Crippen LogP contribution in [0.3, 0.4) is 0 Å². The molecular formula is C13H10N2O3. The summed E-state index contributed by atoms with van der Waals surface area (Å²) in [5.74, 6) is -0.110. The topological polar surface area (TPSA) is 85.9 Å². The first kappa shape index (κ1) is 10.6. The fourth-order valence-electron chi connectivity index (χ4n) is 2.15. The number of pyridine rings is 2. The molecule has 0 aliphatic heterocycles. The smallest absolute Gasteiger partial charge is 0.248 e. The van der Waals surface area contributed by atoms with Crippen LogP contribution in [0.4, 0.5) is 0 Å². The number of aromatic amines is 2. The molecule has 0 radical (unpaired) electrons. The number of fused-ring (bicyclic) bond motifs is 2. The number of aromatic hydroxyl groups is 1. The summed E-state index contributed by atoms with van der Waals surface area (Å²) in [4.78, 5) is 27.8. The van der Waals surface area contributed by atoms with Gasteiger partial charge < -0.3 is 15.1 Å². The second-order valence-corrected chi connectivity index (χ2v) is 4.25. The standard InChI is InChI=1S/C13H10N2O3/c1-6-4-10(17)15-12-8(6)5-7-2-3-9(16)14-11(7)13(12)18/h2-5,18H,1H3,(H,14,16)(H,15,17). The zero-order valence-electron chi connectivity index (χ0n) is 9.57. The minimum Gasteiger partial charge on any atom is -0.504 e. The zero-order valence-corrected chi connectivity index (χ0v) is 9.57. The molecule has 3 aromatic rings. The van der Waals surface area contributed by atoms with Gasteiger partial charge in [-0.05, 0) is 24.6 Å². The second-order valence-electron chi connectivity index (χ2n) is 4.25. The van der Waals surface area contributed by atoms with Gasteiger partial charge in [-0.25, -0.2) is 0 Å². The van der Waals surface area contributed by atoms with Crippen molar-refractivity contribution in [3.8, 4) is 5.75 Å². The van der Waals surface area contributed by atoms with E-state index >= 15 is 0 Å². The van der Waals surface area contributed by atoms with E-state index in [9.17, 15) is 14.7 Å². The number of benzene rings is 1. The van der Waals surface area contributed by atoms with Gasteiger partial charge in [-0.1, -0.05) is 0 Å². The molecule has 0 spiro atoms. The third kappa shape index (κ3) is 1.41. The number of phenolic OH excluding ortho intramolecular Hbond substituents is 1. The lowest BCUT2D eigenvalue weighted by atomic mass is 10.1. The zero-order chi connectivity index (χ0) is 12.9. The molecule has 2 heterocycles. The van der Waals surface area contributed by atoms with Crippen LogP contribution >= 0.6 is 0 Å². The van der Waals surface area contributed by atoms with E-state index in [1.54, 1.807) is 13.0 Å². The van der Waals surface area contributed by atoms with Crippen LogP contribution in [0.2, 0.25) is 0 Å². The maximum atomic E-state index is 11.4. The third-order valence-electron chi connectivity index (χ3n) is 3.01. The van der Waals surface area contributed by atoms with Crippen molar-refractivity contribution in [3.05, 3.63) is 50.5 Å². The molecule has 5 heteroatoms. The van der Waals surface area contributed by atoms with Gasteiger partial charge >= 0.3 is 0 Å². The Labute approximate surface area is 101 Å². The van der Waals surface area contributed by atoms with Crippen molar-refractivity contribution in [1.82, 2.24) is 9.97 Å². The van der Waals surface area contributed by atoms with Crippen LogP contribution in [0, 0.1) is 6.92 Å². The van der Waals surface area contributed by atoms with Crippen LogP contribution in [0.25, 0.3) is 21.8 Å². The van der Waals surface area contributed by atoms with Crippen molar-refractivity contribution in [1.29, 1.82) is 0 Å². The highest BCUT2D eigenvalue weighted by Gasteiger charge is 2.10. The van der Waals surface area contributed by atoms with Crippen molar-refractivity contribution in [2.75, 3.05) is 0 Å². The summed E-state index contributed by atoms with van der Waals surface area (Å²) in [5.41, 5.74) is 0.864. The number of phenols is 1. The molecule has 0 saturated carbocycles. The van der Waals surface area contributed by atoms with Gasteiger partial charge in [0.15, 0.2) is 5.75 Å². The Morgan fingerprint density at radius 2 is 1.72 bits per heavy atom. The molecule has 0 saturated heterocycles. The lowest BCUT2D eigenvalue weighted by molar-refractivity contribution is 0.485. The van der Waals surface area contributed by atoms with Crippen LogP contribution in [0.5, 0.6) is 5.75 Å². The van der Waals surface area contributed by atoms with E-state index in [0.29, 0.717) is 11.0 Å². The van der Waals surface area contributed by atoms with Gasteiger partial charge in [0.1, 0.15) is 0 Å². The Balaban J connectivity index is 2.65. The molecule has 90 valence electrons. The molecule has 0 atom stereocenters. The van der Waals surface area contributed by atoms with Crippen molar-refractivity contribution in [2.24, 2.45) is 0 Å². The van der Waals surface area contributed by atoms with Gasteiger partial charge in [0.2, 0.25) is 11.1 Å². The maximum Gasteiger partial charge on any atom is 0.248 e. The molecular weight excluding hydrogens is 232 g/mol. The SMILES string of the molecule is Cc1cc(=O)[nH]c2c(O)c3[nH]c(=O)ccc3cc12. The van der Waals surface area contributed by atoms with Gasteiger partial charge in [0.05, 0.1) is 11.0 Å². The summed E-state index contributed by atoms with van der Waals surface area (Å²) in [6, 6.07) is 6.33. The van der Waals surface area contributed by atoms with Gasteiger partial charge in [0.25, 0.3) is 0 Å². The molecule has 1 aromatic carbocycles. The Morgan fingerprint density at radius 1 is 1.00 bits per heavy atom. The summed E-state index contributed by atoms with van der Waals surface area (Å²) in [5, 5.41) is 11.6. The Hall–Kier alpha value is -2.56. The third-order valence-corrected chi connectivity index (χ3v) is 3.01. The van der Waals surface area contributed by atoms with Gasteiger partial charge in [-0.15, -0.1) is 0 Å². The number of rotatable bonds is 0. The number of nitrogens with one attached hydrogen (secondary N) is 2. The van der Waals surface area contributed by atoms with E-state index in [1.807, 2.05) is 6.07 Å². The molecule has 0 fully saturated rings. The largest absolute Gasteiger partial charge is 0.504 e. The molecule has 0 aliphatic carbocycles. The van der Waals surface area contributed by atoms with Crippen molar-refractivity contribution < 1.29 is 5.11 Å². The average molecular weight is 242 g/mol. The Morgan fingerprint density at radius 3 is 2.50 bits per heavy atom. The summed E-state index contributed by atoms with van der Waals surface area (Å²) < 4.78 is 0. The first-order valence-electron chi connectivity index (χ1n) is 5.45. The summed E-state index contributed by atoms with van der Waals surface area (Å²) >= 11 is 0. The highest BCUT2D eigenvalue weighted by Crippen LogP contribution is 2.30. The molecule has 0 unspecified atom stereocenters. The number of hydrogen-bond donors (Lipinski definition) is 3. The van der Waals surface area contributed by atoms with Crippen LogP contribution in [0.1, 0.15) is 5.56 Å². The van der Waals surface area contributed by atoms with Gasteiger partial charge in [0, 0.05) is 22.9 Å². The first-order chi connectivity index (χ1) is 8.56. The first-order valence-corrected chi connectivity index (χ1v) is 5.45. The van der Waals surface area contributed by atoms with Crippen LogP contribution in [0.15, 0.2) is 33.9 Å². The van der Waals surface area contributed by atoms with E-state index in [4.69, 9.17) is 0 Å². The van der Waals surface area contributed by atoms with E-state index in [1.165, 1.54) is 12.1 Å². The fraction of sp³-hybridized carbons (Fsp3) is 0.0769. The van der Waals surface area contributed by atoms with Gasteiger partial charge in [-0.3, -0.25) is 9.59 Å². The van der Waals surface area contributed by atoms with E-state index in [2.05, 4.69) is 9.97 Å². The quantitative estimate of drug-likeness (QED) is 0.520. The summed E-state index contributed by atoms with van der Waals surface area (Å²) in [6.45, 7) is 1.80. The van der Waals surface area contributed by atoms with E-state index in [0.717, 1.165) is 16.3 Å². The van der Waals surface area contributed by atoms with Crippen molar-refractivity contribution in [3.63, 3.8) is 0 Å². The predicted octanol–water partition coefficient (Wildman–Crippen LogP) is 1.38. The molecule has 0 amide bonds. The normalized spacial score (nSPS) is 11.2. The number of H-pyrrole nitrogens is 2. The van der Waals surface area contributed by atoms with Crippen LogP contribution in [-0.4, -0.2) is 15.1 Å².